The predicted octanol–water partition coefficient (Wildman–Crippen LogP) is 2.89. The summed E-state index contributed by atoms with van der Waals surface area (Å²) >= 11 is 0. The second-order valence-corrected chi connectivity index (χ2v) is 8.04. The van der Waals surface area contributed by atoms with Crippen LogP contribution < -0.4 is 10.2 Å². The summed E-state index contributed by atoms with van der Waals surface area (Å²) in [5.74, 6) is -0.806. The Morgan fingerprint density at radius 1 is 1.26 bits per heavy atom. The summed E-state index contributed by atoms with van der Waals surface area (Å²) < 4.78 is 11.2. The molecule has 7 nitrogen and oxygen atoms in total. The first-order valence-corrected chi connectivity index (χ1v) is 9.36. The maximum absolute atomic E-state index is 12.4. The predicted molar refractivity (Wildman–Crippen MR) is 102 cm³/mol. The van der Waals surface area contributed by atoms with E-state index in [4.69, 9.17) is 9.15 Å². The van der Waals surface area contributed by atoms with Crippen LogP contribution in [0.1, 0.15) is 40.5 Å². The number of benzene rings is 1. The number of amides is 1. The van der Waals surface area contributed by atoms with E-state index in [1.54, 1.807) is 6.92 Å². The Kier molecular flexibility index (Phi) is 5.39. The first kappa shape index (κ1) is 19.2. The van der Waals surface area contributed by atoms with Gasteiger partial charge in [-0.1, -0.05) is 12.1 Å². The Bertz CT molecular complexity index is 783. The number of aromatic nitrogens is 1. The number of ether oxygens (including phenoxy) is 1. The molecule has 1 N–H and O–H groups in total. The van der Waals surface area contributed by atoms with E-state index >= 15 is 0 Å². The summed E-state index contributed by atoms with van der Waals surface area (Å²) in [5.41, 5.74) is 1.23. The van der Waals surface area contributed by atoms with Crippen LogP contribution in [0.15, 0.2) is 28.7 Å². The third-order valence-corrected chi connectivity index (χ3v) is 4.54. The Balaban J connectivity index is 1.52. The number of rotatable bonds is 4. The molecule has 0 aliphatic carbocycles. The summed E-state index contributed by atoms with van der Waals surface area (Å²) in [6, 6.07) is 8.22. The molecule has 146 valence electrons. The second-order valence-electron chi connectivity index (χ2n) is 8.04. The molecule has 1 aliphatic rings. The van der Waals surface area contributed by atoms with Gasteiger partial charge < -0.3 is 19.4 Å². The highest BCUT2D eigenvalue weighted by Gasteiger charge is 2.31. The second kappa shape index (κ2) is 7.58. The van der Waals surface area contributed by atoms with Crippen LogP contribution in [0.5, 0.6) is 0 Å². The zero-order chi connectivity index (χ0) is 19.6. The third-order valence-electron chi connectivity index (χ3n) is 4.54. The Morgan fingerprint density at radius 2 is 1.93 bits per heavy atom. The molecule has 7 heteroatoms. The summed E-state index contributed by atoms with van der Waals surface area (Å²) in [7, 11) is 0. The minimum absolute atomic E-state index is 0.212. The fraction of sp³-hybridized carbons (Fsp3) is 0.550. The topological polar surface area (TPSA) is 84.7 Å². The van der Waals surface area contributed by atoms with E-state index in [2.05, 4.69) is 10.3 Å². The van der Waals surface area contributed by atoms with Crippen LogP contribution >= 0.6 is 0 Å². The van der Waals surface area contributed by atoms with Crippen molar-refractivity contribution < 1.29 is 18.7 Å². The SMILES string of the molecule is C[C@@H](OC(=O)C1CCN(c2nc3ccccc3o2)CC1)C(=O)NC(C)(C)C. The quantitative estimate of drug-likeness (QED) is 0.830. The van der Waals surface area contributed by atoms with E-state index < -0.39 is 6.10 Å². The standard InChI is InChI=1S/C20H27N3O4/c1-13(17(24)22-20(2,3)4)26-18(25)14-9-11-23(12-10-14)19-21-15-7-5-6-8-16(15)27-19/h5-8,13-14H,9-12H2,1-4H3,(H,22,24)/t13-/m1/s1. The molecule has 1 aromatic heterocycles. The fourth-order valence-corrected chi connectivity index (χ4v) is 3.10. The van der Waals surface area contributed by atoms with Gasteiger partial charge in [-0.2, -0.15) is 4.98 Å². The first-order valence-electron chi connectivity index (χ1n) is 9.36. The smallest absolute Gasteiger partial charge is 0.309 e. The number of anilines is 1. The number of piperidine rings is 1. The molecule has 1 aliphatic heterocycles. The maximum atomic E-state index is 12.4. The lowest BCUT2D eigenvalue weighted by Gasteiger charge is -2.30. The Hall–Kier alpha value is -2.57. The monoisotopic (exact) mass is 373 g/mol. The number of oxazole rings is 1. The molecular weight excluding hydrogens is 346 g/mol. The summed E-state index contributed by atoms with van der Waals surface area (Å²) in [6.45, 7) is 8.60. The average molecular weight is 373 g/mol. The van der Waals surface area contributed by atoms with Gasteiger partial charge in [-0.15, -0.1) is 0 Å². The number of fused-ring (bicyclic) bond motifs is 1. The molecule has 27 heavy (non-hydrogen) atoms. The van der Waals surface area contributed by atoms with Gasteiger partial charge in [0.2, 0.25) is 0 Å². The van der Waals surface area contributed by atoms with Crippen molar-refractivity contribution in [2.24, 2.45) is 5.92 Å². The van der Waals surface area contributed by atoms with E-state index in [0.717, 1.165) is 11.1 Å². The highest BCUT2D eigenvalue weighted by atomic mass is 16.5. The molecule has 2 aromatic rings. The molecule has 0 unspecified atom stereocenters. The number of hydrogen-bond acceptors (Lipinski definition) is 6. The van der Waals surface area contributed by atoms with Crippen LogP contribution in [0, 0.1) is 5.92 Å². The van der Waals surface area contributed by atoms with Crippen LogP contribution in [-0.2, 0) is 14.3 Å². The molecule has 2 heterocycles. The zero-order valence-electron chi connectivity index (χ0n) is 16.3. The first-order chi connectivity index (χ1) is 12.7. The third kappa shape index (κ3) is 4.78. The number of esters is 1. The van der Waals surface area contributed by atoms with Gasteiger partial charge in [0.1, 0.15) is 5.52 Å². The van der Waals surface area contributed by atoms with Crippen LogP contribution in [-0.4, -0.2) is 41.6 Å². The van der Waals surface area contributed by atoms with Crippen LogP contribution in [0.4, 0.5) is 6.01 Å². The molecule has 0 radical (unpaired) electrons. The Labute approximate surface area is 159 Å². The van der Waals surface area contributed by atoms with Crippen molar-refractivity contribution in [3.63, 3.8) is 0 Å². The van der Waals surface area contributed by atoms with Gasteiger partial charge in [0.05, 0.1) is 5.92 Å². The normalized spacial score (nSPS) is 17.0. The van der Waals surface area contributed by atoms with Crippen molar-refractivity contribution >= 4 is 29.0 Å². The number of nitrogens with zero attached hydrogens (tertiary/aromatic N) is 2. The van der Waals surface area contributed by atoms with Crippen LogP contribution in [0.25, 0.3) is 11.1 Å². The summed E-state index contributed by atoms with van der Waals surface area (Å²) in [6.07, 6.45) is 0.489. The van der Waals surface area contributed by atoms with Gasteiger partial charge in [0.15, 0.2) is 11.7 Å². The fourth-order valence-electron chi connectivity index (χ4n) is 3.10. The number of carbonyl (C=O) groups excluding carboxylic acids is 2. The molecule has 1 fully saturated rings. The number of carbonyl (C=O) groups is 2. The van der Waals surface area contributed by atoms with Gasteiger partial charge in [-0.25, -0.2) is 0 Å². The van der Waals surface area contributed by atoms with Crippen molar-refractivity contribution in [1.82, 2.24) is 10.3 Å². The minimum atomic E-state index is -0.799. The highest BCUT2D eigenvalue weighted by molar-refractivity contribution is 5.84. The molecular formula is C20H27N3O4. The minimum Gasteiger partial charge on any atom is -0.452 e. The Morgan fingerprint density at radius 3 is 2.56 bits per heavy atom. The van der Waals surface area contributed by atoms with E-state index in [1.807, 2.05) is 49.9 Å². The van der Waals surface area contributed by atoms with Crippen molar-refractivity contribution in [1.29, 1.82) is 0 Å². The average Bonchev–Trinajstić information content (AvgIpc) is 3.04. The van der Waals surface area contributed by atoms with E-state index in [-0.39, 0.29) is 23.3 Å². The van der Waals surface area contributed by atoms with Gasteiger partial charge in [0.25, 0.3) is 11.9 Å². The van der Waals surface area contributed by atoms with Crippen molar-refractivity contribution in [3.8, 4) is 0 Å². The lowest BCUT2D eigenvalue weighted by molar-refractivity contribution is -0.159. The lowest BCUT2D eigenvalue weighted by atomic mass is 9.97. The number of nitrogens with one attached hydrogen (secondary N) is 1. The molecule has 3 rings (SSSR count). The van der Waals surface area contributed by atoms with Gasteiger partial charge >= 0.3 is 5.97 Å². The highest BCUT2D eigenvalue weighted by Crippen LogP contribution is 2.27. The summed E-state index contributed by atoms with van der Waals surface area (Å²) in [4.78, 5) is 31.0. The largest absolute Gasteiger partial charge is 0.452 e. The molecule has 1 aromatic carbocycles. The summed E-state index contributed by atoms with van der Waals surface area (Å²) in [5, 5.41) is 2.82. The van der Waals surface area contributed by atoms with Crippen molar-refractivity contribution in [2.45, 2.75) is 52.2 Å². The van der Waals surface area contributed by atoms with Crippen molar-refractivity contribution in [2.75, 3.05) is 18.0 Å². The molecule has 0 saturated carbocycles. The number of hydrogen-bond donors (Lipinski definition) is 1. The van der Waals surface area contributed by atoms with Gasteiger partial charge in [-0.05, 0) is 52.7 Å². The van der Waals surface area contributed by atoms with Gasteiger partial charge in [-0.3, -0.25) is 9.59 Å². The molecule has 1 atom stereocenters. The van der Waals surface area contributed by atoms with E-state index in [0.29, 0.717) is 31.9 Å². The molecule has 1 saturated heterocycles. The molecule has 0 bridgehead atoms. The number of para-hydroxylation sites is 2. The zero-order valence-corrected chi connectivity index (χ0v) is 16.3. The lowest BCUT2D eigenvalue weighted by Crippen LogP contribution is -2.47. The van der Waals surface area contributed by atoms with Gasteiger partial charge in [0, 0.05) is 18.6 Å². The van der Waals surface area contributed by atoms with Crippen LogP contribution in [0.2, 0.25) is 0 Å². The molecule has 1 amide bonds. The maximum Gasteiger partial charge on any atom is 0.309 e. The molecule has 0 spiro atoms. The van der Waals surface area contributed by atoms with E-state index in [1.165, 1.54) is 0 Å². The van der Waals surface area contributed by atoms with Crippen LogP contribution in [0.3, 0.4) is 0 Å². The van der Waals surface area contributed by atoms with E-state index in [9.17, 15) is 9.59 Å². The van der Waals surface area contributed by atoms with Crippen molar-refractivity contribution in [3.05, 3.63) is 24.3 Å².